The van der Waals surface area contributed by atoms with Gasteiger partial charge in [-0.25, -0.2) is 9.97 Å². The van der Waals surface area contributed by atoms with E-state index in [-0.39, 0.29) is 0 Å². The molecule has 0 unspecified atom stereocenters. The lowest BCUT2D eigenvalue weighted by molar-refractivity contribution is 0.634. The Morgan fingerprint density at radius 2 is 1.78 bits per heavy atom. The summed E-state index contributed by atoms with van der Waals surface area (Å²) in [4.78, 5) is 9.11. The van der Waals surface area contributed by atoms with Crippen LogP contribution in [-0.2, 0) is 6.42 Å². The fraction of sp³-hybridized carbons (Fsp3) is 0.333. The second kappa shape index (κ2) is 5.17. The van der Waals surface area contributed by atoms with Crippen molar-refractivity contribution in [2.24, 2.45) is 5.92 Å². The van der Waals surface area contributed by atoms with Crippen LogP contribution in [0.1, 0.15) is 25.2 Å². The minimum absolute atomic E-state index is 0.596. The van der Waals surface area contributed by atoms with Gasteiger partial charge in [0.25, 0.3) is 0 Å². The van der Waals surface area contributed by atoms with Crippen LogP contribution in [0.5, 0.6) is 0 Å². The van der Waals surface area contributed by atoms with Crippen LogP contribution in [-0.4, -0.2) is 9.97 Å². The number of hydrogen-bond donors (Lipinski definition) is 1. The Labute approximate surface area is 108 Å². The topological polar surface area (TPSA) is 51.8 Å². The number of benzene rings is 1. The largest absolute Gasteiger partial charge is 0.399 e. The summed E-state index contributed by atoms with van der Waals surface area (Å²) < 4.78 is 0. The first kappa shape index (κ1) is 12.6. The zero-order valence-electron chi connectivity index (χ0n) is 11.1. The third kappa shape index (κ3) is 3.06. The maximum atomic E-state index is 5.69. The van der Waals surface area contributed by atoms with Crippen LogP contribution < -0.4 is 5.73 Å². The third-order valence-corrected chi connectivity index (χ3v) is 2.69. The smallest absolute Gasteiger partial charge is 0.159 e. The molecule has 0 fully saturated rings. The van der Waals surface area contributed by atoms with Gasteiger partial charge >= 0.3 is 0 Å². The van der Waals surface area contributed by atoms with Crippen molar-refractivity contribution in [3.63, 3.8) is 0 Å². The molecule has 18 heavy (non-hydrogen) atoms. The second-order valence-corrected chi connectivity index (χ2v) is 5.04. The van der Waals surface area contributed by atoms with Crippen molar-refractivity contribution in [2.75, 3.05) is 5.73 Å². The maximum absolute atomic E-state index is 5.69. The first-order valence-electron chi connectivity index (χ1n) is 6.25. The van der Waals surface area contributed by atoms with Crippen molar-refractivity contribution >= 4 is 5.69 Å². The lowest BCUT2D eigenvalue weighted by atomic mass is 10.1. The number of hydrogen-bond acceptors (Lipinski definition) is 3. The van der Waals surface area contributed by atoms with Crippen LogP contribution in [0, 0.1) is 12.8 Å². The molecule has 1 heterocycles. The van der Waals surface area contributed by atoms with E-state index in [9.17, 15) is 0 Å². The molecule has 3 heteroatoms. The van der Waals surface area contributed by atoms with Crippen LogP contribution in [0.2, 0.25) is 0 Å². The predicted octanol–water partition coefficient (Wildman–Crippen LogP) is 3.23. The van der Waals surface area contributed by atoms with Gasteiger partial charge in [0.15, 0.2) is 5.82 Å². The number of nitrogen functional groups attached to an aromatic ring is 1. The second-order valence-electron chi connectivity index (χ2n) is 5.04. The Balaban J connectivity index is 2.38. The Morgan fingerprint density at radius 3 is 2.39 bits per heavy atom. The van der Waals surface area contributed by atoms with Crippen molar-refractivity contribution in [2.45, 2.75) is 27.2 Å². The summed E-state index contributed by atoms with van der Waals surface area (Å²) in [5, 5.41) is 0. The fourth-order valence-electron chi connectivity index (χ4n) is 1.92. The molecule has 0 bridgehead atoms. The van der Waals surface area contributed by atoms with Gasteiger partial charge in [-0.2, -0.15) is 0 Å². The Morgan fingerprint density at radius 1 is 1.11 bits per heavy atom. The monoisotopic (exact) mass is 241 g/mol. The number of aromatic nitrogens is 2. The minimum atomic E-state index is 0.596. The standard InChI is InChI=1S/C15H19N3/c1-10(2)8-14-9-11(3)17-15(18-14)12-4-6-13(16)7-5-12/h4-7,9-10H,8,16H2,1-3H3. The van der Waals surface area contributed by atoms with Crippen molar-refractivity contribution < 1.29 is 0 Å². The number of rotatable bonds is 3. The van der Waals surface area contributed by atoms with Gasteiger partial charge in [-0.1, -0.05) is 13.8 Å². The molecule has 2 rings (SSSR count). The summed E-state index contributed by atoms with van der Waals surface area (Å²) in [6.07, 6.45) is 0.978. The molecule has 0 saturated carbocycles. The van der Waals surface area contributed by atoms with Gasteiger partial charge in [-0.3, -0.25) is 0 Å². The molecule has 0 atom stereocenters. The Kier molecular flexibility index (Phi) is 3.60. The van der Waals surface area contributed by atoms with E-state index in [0.29, 0.717) is 5.92 Å². The summed E-state index contributed by atoms with van der Waals surface area (Å²) in [7, 11) is 0. The molecule has 1 aromatic carbocycles. The highest BCUT2D eigenvalue weighted by atomic mass is 14.9. The first-order valence-corrected chi connectivity index (χ1v) is 6.25. The summed E-state index contributed by atoms with van der Waals surface area (Å²) in [6.45, 7) is 6.40. The van der Waals surface area contributed by atoms with Crippen molar-refractivity contribution in [3.05, 3.63) is 41.7 Å². The van der Waals surface area contributed by atoms with E-state index < -0.39 is 0 Å². The highest BCUT2D eigenvalue weighted by Gasteiger charge is 2.06. The van der Waals surface area contributed by atoms with Crippen LogP contribution in [0.4, 0.5) is 5.69 Å². The zero-order valence-corrected chi connectivity index (χ0v) is 11.1. The van der Waals surface area contributed by atoms with Crippen molar-refractivity contribution in [3.8, 4) is 11.4 Å². The fourth-order valence-corrected chi connectivity index (χ4v) is 1.92. The molecule has 1 aromatic heterocycles. The average Bonchev–Trinajstić information content (AvgIpc) is 2.28. The van der Waals surface area contributed by atoms with E-state index in [0.717, 1.165) is 34.9 Å². The molecule has 94 valence electrons. The third-order valence-electron chi connectivity index (χ3n) is 2.69. The van der Waals surface area contributed by atoms with E-state index in [2.05, 4.69) is 29.9 Å². The molecule has 2 aromatic rings. The van der Waals surface area contributed by atoms with Gasteiger partial charge < -0.3 is 5.73 Å². The highest BCUT2D eigenvalue weighted by molar-refractivity contribution is 5.58. The summed E-state index contributed by atoms with van der Waals surface area (Å²) >= 11 is 0. The minimum Gasteiger partial charge on any atom is -0.399 e. The van der Waals surface area contributed by atoms with Crippen LogP contribution in [0.15, 0.2) is 30.3 Å². The van der Waals surface area contributed by atoms with Gasteiger partial charge in [-0.15, -0.1) is 0 Å². The lowest BCUT2D eigenvalue weighted by Crippen LogP contribution is -2.02. The Bertz CT molecular complexity index is 530. The van der Waals surface area contributed by atoms with Crippen molar-refractivity contribution in [1.82, 2.24) is 9.97 Å². The molecule has 0 aliphatic rings. The predicted molar refractivity (Wildman–Crippen MR) is 75.2 cm³/mol. The van der Waals surface area contributed by atoms with E-state index >= 15 is 0 Å². The zero-order chi connectivity index (χ0) is 13.1. The molecule has 3 nitrogen and oxygen atoms in total. The highest BCUT2D eigenvalue weighted by Crippen LogP contribution is 2.18. The average molecular weight is 241 g/mol. The molecule has 0 amide bonds. The maximum Gasteiger partial charge on any atom is 0.159 e. The summed E-state index contributed by atoms with van der Waals surface area (Å²) in [5.41, 5.74) is 9.57. The van der Waals surface area contributed by atoms with E-state index in [1.807, 2.05) is 31.2 Å². The summed E-state index contributed by atoms with van der Waals surface area (Å²) in [6, 6.07) is 9.74. The van der Waals surface area contributed by atoms with E-state index in [1.165, 1.54) is 0 Å². The number of anilines is 1. The van der Waals surface area contributed by atoms with Crippen molar-refractivity contribution in [1.29, 1.82) is 0 Å². The van der Waals surface area contributed by atoms with Crippen LogP contribution in [0.25, 0.3) is 11.4 Å². The van der Waals surface area contributed by atoms with Gasteiger partial charge in [0.1, 0.15) is 0 Å². The number of nitrogens with two attached hydrogens (primary N) is 1. The molecule has 0 aliphatic heterocycles. The van der Waals surface area contributed by atoms with Crippen LogP contribution in [0.3, 0.4) is 0 Å². The molecule has 0 saturated heterocycles. The van der Waals surface area contributed by atoms with Gasteiger partial charge in [0.05, 0.1) is 0 Å². The molecule has 0 spiro atoms. The number of aryl methyl sites for hydroxylation is 1. The summed E-state index contributed by atoms with van der Waals surface area (Å²) in [5.74, 6) is 1.38. The Hall–Kier alpha value is -1.90. The van der Waals surface area contributed by atoms with Gasteiger partial charge in [-0.05, 0) is 49.6 Å². The van der Waals surface area contributed by atoms with Crippen LogP contribution >= 0.6 is 0 Å². The first-order chi connectivity index (χ1) is 8.54. The normalized spacial score (nSPS) is 10.9. The quantitative estimate of drug-likeness (QED) is 0.839. The number of nitrogens with zero attached hydrogens (tertiary/aromatic N) is 2. The lowest BCUT2D eigenvalue weighted by Gasteiger charge is -2.08. The van der Waals surface area contributed by atoms with Gasteiger partial charge in [0, 0.05) is 22.6 Å². The van der Waals surface area contributed by atoms with Gasteiger partial charge in [0.2, 0.25) is 0 Å². The molecule has 2 N–H and O–H groups in total. The van der Waals surface area contributed by atoms with E-state index in [1.54, 1.807) is 0 Å². The molecular weight excluding hydrogens is 222 g/mol. The molecule has 0 radical (unpaired) electrons. The SMILES string of the molecule is Cc1cc(CC(C)C)nc(-c2ccc(N)cc2)n1. The molecular formula is C15H19N3. The van der Waals surface area contributed by atoms with E-state index in [4.69, 9.17) is 5.73 Å². The molecule has 0 aliphatic carbocycles.